The molecule has 1 atom stereocenters. The number of rotatable bonds is 6. The summed E-state index contributed by atoms with van der Waals surface area (Å²) in [5, 5.41) is 1.88. The first-order valence-corrected chi connectivity index (χ1v) is 7.48. The van der Waals surface area contributed by atoms with E-state index in [1.165, 1.54) is 6.08 Å². The molecule has 1 amide bonds. The first kappa shape index (κ1) is 19.7. The molecule has 0 saturated carbocycles. The number of nitrogens with one attached hydrogen (secondary N) is 1. The zero-order valence-electron chi connectivity index (χ0n) is 13.7. The van der Waals surface area contributed by atoms with Gasteiger partial charge in [0.05, 0.1) is 18.2 Å². The molecule has 1 aromatic rings. The summed E-state index contributed by atoms with van der Waals surface area (Å²) in [5.41, 5.74) is 0.586. The summed E-state index contributed by atoms with van der Waals surface area (Å²) in [6.07, 6.45) is -3.60. The summed E-state index contributed by atoms with van der Waals surface area (Å²) >= 11 is 0. The van der Waals surface area contributed by atoms with Gasteiger partial charge in [0.25, 0.3) is 0 Å². The van der Waals surface area contributed by atoms with Gasteiger partial charge in [-0.2, -0.15) is 13.2 Å². The van der Waals surface area contributed by atoms with E-state index in [0.717, 1.165) is 0 Å². The molecule has 1 N–H and O–H groups in total. The average Bonchev–Trinajstić information content (AvgIpc) is 2.50. The number of carbonyl (C=O) groups excluding carboxylic acids is 2. The molecule has 1 aromatic carbocycles. The van der Waals surface area contributed by atoms with E-state index in [4.69, 9.17) is 4.74 Å². The van der Waals surface area contributed by atoms with Crippen molar-refractivity contribution in [1.82, 2.24) is 5.32 Å². The van der Waals surface area contributed by atoms with Crippen molar-refractivity contribution in [3.05, 3.63) is 41.5 Å². The maximum Gasteiger partial charge on any atom is 0.471 e. The van der Waals surface area contributed by atoms with Crippen LogP contribution < -0.4 is 5.32 Å². The number of esters is 1. The minimum absolute atomic E-state index is 0.0318. The molecule has 0 aromatic heterocycles. The van der Waals surface area contributed by atoms with Crippen LogP contribution in [0.4, 0.5) is 13.2 Å². The van der Waals surface area contributed by atoms with Crippen molar-refractivity contribution in [2.45, 2.75) is 33.0 Å². The van der Waals surface area contributed by atoms with E-state index in [2.05, 4.69) is 0 Å². The van der Waals surface area contributed by atoms with Crippen LogP contribution in [0.5, 0.6) is 0 Å². The van der Waals surface area contributed by atoms with Crippen molar-refractivity contribution in [1.29, 1.82) is 0 Å². The molecule has 4 nitrogen and oxygen atoms in total. The molecule has 1 rings (SSSR count). The summed E-state index contributed by atoms with van der Waals surface area (Å²) in [5.74, 6) is -3.30. The Kier molecular flexibility index (Phi) is 7.00. The first-order chi connectivity index (χ1) is 11.2. The highest BCUT2D eigenvalue weighted by atomic mass is 19.4. The van der Waals surface area contributed by atoms with Crippen LogP contribution in [0.3, 0.4) is 0 Å². The Morgan fingerprint density at radius 2 is 1.79 bits per heavy atom. The van der Waals surface area contributed by atoms with Crippen molar-refractivity contribution >= 4 is 18.0 Å². The zero-order chi connectivity index (χ0) is 18.3. The normalized spacial score (nSPS) is 13.5. The van der Waals surface area contributed by atoms with Gasteiger partial charge in [0.2, 0.25) is 0 Å². The van der Waals surface area contributed by atoms with Crippen molar-refractivity contribution < 1.29 is 27.5 Å². The average molecular weight is 343 g/mol. The minimum atomic E-state index is -5.03. The van der Waals surface area contributed by atoms with Gasteiger partial charge in [-0.05, 0) is 24.5 Å². The molecule has 0 radical (unpaired) electrons. The molecule has 0 spiro atoms. The molecule has 7 heteroatoms. The summed E-state index contributed by atoms with van der Waals surface area (Å²) in [7, 11) is 0. The SMILES string of the molecule is CCOC(=O)/C(=C/c1ccccc1)[C@H](NC(=O)C(F)(F)F)C(C)C. The number of hydrogen-bond acceptors (Lipinski definition) is 3. The Balaban J connectivity index is 3.24. The highest BCUT2D eigenvalue weighted by Gasteiger charge is 2.41. The van der Waals surface area contributed by atoms with Crippen LogP contribution in [0, 0.1) is 5.92 Å². The van der Waals surface area contributed by atoms with Crippen LogP contribution in [0.15, 0.2) is 35.9 Å². The van der Waals surface area contributed by atoms with Crippen molar-refractivity contribution in [3.8, 4) is 0 Å². The van der Waals surface area contributed by atoms with E-state index in [1.54, 1.807) is 51.1 Å². The predicted octanol–water partition coefficient (Wildman–Crippen LogP) is 3.34. The van der Waals surface area contributed by atoms with Crippen LogP contribution in [0.2, 0.25) is 0 Å². The summed E-state index contributed by atoms with van der Waals surface area (Å²) in [4.78, 5) is 23.5. The largest absolute Gasteiger partial charge is 0.471 e. The molecule has 0 fully saturated rings. The quantitative estimate of drug-likeness (QED) is 0.637. The fourth-order valence-corrected chi connectivity index (χ4v) is 2.05. The number of hydrogen-bond donors (Lipinski definition) is 1. The molecule has 132 valence electrons. The Bertz CT molecular complexity index is 595. The van der Waals surface area contributed by atoms with Crippen LogP contribution in [0.25, 0.3) is 6.08 Å². The Labute approximate surface area is 138 Å². The maximum atomic E-state index is 12.6. The first-order valence-electron chi connectivity index (χ1n) is 7.48. The molecule has 0 unspecified atom stereocenters. The van der Waals surface area contributed by atoms with Gasteiger partial charge < -0.3 is 10.1 Å². The third-order valence-electron chi connectivity index (χ3n) is 3.18. The number of amides is 1. The molecule has 0 aliphatic heterocycles. The van der Waals surface area contributed by atoms with E-state index in [9.17, 15) is 22.8 Å². The molecule has 24 heavy (non-hydrogen) atoms. The smallest absolute Gasteiger partial charge is 0.463 e. The maximum absolute atomic E-state index is 12.6. The fourth-order valence-electron chi connectivity index (χ4n) is 2.05. The number of carbonyl (C=O) groups is 2. The van der Waals surface area contributed by atoms with Gasteiger partial charge in [0.15, 0.2) is 0 Å². The lowest BCUT2D eigenvalue weighted by atomic mass is 9.94. The second kappa shape index (κ2) is 8.52. The third kappa shape index (κ3) is 5.72. The molecule has 0 aliphatic rings. The van der Waals surface area contributed by atoms with Gasteiger partial charge in [0.1, 0.15) is 0 Å². The third-order valence-corrected chi connectivity index (χ3v) is 3.18. The van der Waals surface area contributed by atoms with E-state index >= 15 is 0 Å². The van der Waals surface area contributed by atoms with Gasteiger partial charge in [-0.3, -0.25) is 4.79 Å². The van der Waals surface area contributed by atoms with E-state index < -0.39 is 30.0 Å². The van der Waals surface area contributed by atoms with Crippen LogP contribution in [-0.2, 0) is 14.3 Å². The number of halogens is 3. The van der Waals surface area contributed by atoms with E-state index in [-0.39, 0.29) is 12.2 Å². The number of alkyl halides is 3. The molecular weight excluding hydrogens is 323 g/mol. The Hall–Kier alpha value is -2.31. The zero-order valence-corrected chi connectivity index (χ0v) is 13.7. The highest BCUT2D eigenvalue weighted by Crippen LogP contribution is 2.21. The summed E-state index contributed by atoms with van der Waals surface area (Å²) < 4.78 is 42.6. The standard InChI is InChI=1S/C17H20F3NO3/c1-4-24-15(22)13(10-12-8-6-5-7-9-12)14(11(2)3)21-16(23)17(18,19)20/h5-11,14H,4H2,1-3H3,(H,21,23)/b13-10+/t14-/m1/s1. The van der Waals surface area contributed by atoms with Gasteiger partial charge in [0, 0.05) is 0 Å². The minimum Gasteiger partial charge on any atom is -0.463 e. The van der Waals surface area contributed by atoms with E-state index in [1.807, 2.05) is 5.32 Å². The van der Waals surface area contributed by atoms with Gasteiger partial charge >= 0.3 is 18.1 Å². The lowest BCUT2D eigenvalue weighted by molar-refractivity contribution is -0.174. The van der Waals surface area contributed by atoms with Crippen molar-refractivity contribution in [2.24, 2.45) is 5.92 Å². The predicted molar refractivity (Wildman–Crippen MR) is 83.9 cm³/mol. The van der Waals surface area contributed by atoms with Crippen molar-refractivity contribution in [2.75, 3.05) is 6.61 Å². The lowest BCUT2D eigenvalue weighted by Gasteiger charge is -2.25. The molecular formula is C17H20F3NO3. The molecule has 0 heterocycles. The lowest BCUT2D eigenvalue weighted by Crippen LogP contribution is -2.47. The van der Waals surface area contributed by atoms with Crippen molar-refractivity contribution in [3.63, 3.8) is 0 Å². The second-order valence-electron chi connectivity index (χ2n) is 5.42. The monoisotopic (exact) mass is 343 g/mol. The highest BCUT2D eigenvalue weighted by molar-refractivity contribution is 5.96. The molecule has 0 saturated heterocycles. The van der Waals surface area contributed by atoms with Gasteiger partial charge in [-0.15, -0.1) is 0 Å². The van der Waals surface area contributed by atoms with Crippen LogP contribution in [0.1, 0.15) is 26.3 Å². The Morgan fingerprint density at radius 1 is 1.21 bits per heavy atom. The number of ether oxygens (including phenoxy) is 1. The topological polar surface area (TPSA) is 55.4 Å². The van der Waals surface area contributed by atoms with E-state index in [0.29, 0.717) is 5.56 Å². The van der Waals surface area contributed by atoms with Gasteiger partial charge in [-0.1, -0.05) is 44.2 Å². The summed E-state index contributed by atoms with van der Waals surface area (Å²) in [6, 6.07) is 7.50. The second-order valence-corrected chi connectivity index (χ2v) is 5.42. The molecule has 0 bridgehead atoms. The van der Waals surface area contributed by atoms with Crippen LogP contribution in [-0.4, -0.2) is 30.7 Å². The Morgan fingerprint density at radius 3 is 2.25 bits per heavy atom. The number of benzene rings is 1. The van der Waals surface area contributed by atoms with Gasteiger partial charge in [-0.25, -0.2) is 4.79 Å². The molecule has 0 aliphatic carbocycles. The van der Waals surface area contributed by atoms with Crippen LogP contribution >= 0.6 is 0 Å². The fraction of sp³-hybridized carbons (Fsp3) is 0.412. The summed E-state index contributed by atoms with van der Waals surface area (Å²) in [6.45, 7) is 4.89.